The predicted octanol–water partition coefficient (Wildman–Crippen LogP) is 4.24. The molecule has 5 heteroatoms. The number of rotatable bonds is 11. The van der Waals surface area contributed by atoms with E-state index in [9.17, 15) is 9.90 Å². The molecule has 1 atom stereocenters. The Kier molecular flexibility index (Phi) is 8.30. The van der Waals surface area contributed by atoms with Crippen LogP contribution in [0.4, 0.5) is 0 Å². The maximum atomic E-state index is 11.2. The van der Waals surface area contributed by atoms with Gasteiger partial charge in [0.25, 0.3) is 0 Å². The molecule has 130 valence electrons. The molecule has 0 bridgehead atoms. The zero-order chi connectivity index (χ0) is 17.2. The van der Waals surface area contributed by atoms with Crippen LogP contribution in [0.3, 0.4) is 0 Å². The van der Waals surface area contributed by atoms with Crippen molar-refractivity contribution in [3.8, 4) is 17.2 Å². The molecule has 0 aliphatic rings. The minimum atomic E-state index is -0.808. The van der Waals surface area contributed by atoms with E-state index in [4.69, 9.17) is 14.2 Å². The van der Waals surface area contributed by atoms with Crippen molar-refractivity contribution in [1.82, 2.24) is 0 Å². The number of hydrogen-bond acceptors (Lipinski definition) is 4. The first-order valence-electron chi connectivity index (χ1n) is 8.35. The molecule has 23 heavy (non-hydrogen) atoms. The van der Waals surface area contributed by atoms with Gasteiger partial charge in [-0.1, -0.05) is 19.4 Å². The van der Waals surface area contributed by atoms with Gasteiger partial charge in [0.05, 0.1) is 26.2 Å². The monoisotopic (exact) mass is 324 g/mol. The number of benzene rings is 1. The van der Waals surface area contributed by atoms with Gasteiger partial charge in [-0.05, 0) is 39.2 Å². The van der Waals surface area contributed by atoms with E-state index in [-0.39, 0.29) is 12.3 Å². The molecule has 0 radical (unpaired) electrons. The lowest BCUT2D eigenvalue weighted by Gasteiger charge is -2.22. The van der Waals surface area contributed by atoms with E-state index in [2.05, 4.69) is 0 Å². The van der Waals surface area contributed by atoms with Gasteiger partial charge >= 0.3 is 5.97 Å². The van der Waals surface area contributed by atoms with Crippen molar-refractivity contribution in [2.24, 2.45) is 0 Å². The van der Waals surface area contributed by atoms with Crippen LogP contribution in [0.5, 0.6) is 17.2 Å². The maximum Gasteiger partial charge on any atom is 0.303 e. The standard InChI is InChI=1S/C18H28O5/c1-5-9-13(12-16(19)20)14-10-11-15(21-6-2)18(23-8-4)17(14)22-7-3/h10-11,13H,5-9,12H2,1-4H3,(H,19,20). The highest BCUT2D eigenvalue weighted by Gasteiger charge is 2.24. The van der Waals surface area contributed by atoms with E-state index in [0.29, 0.717) is 37.1 Å². The van der Waals surface area contributed by atoms with E-state index in [1.807, 2.05) is 39.8 Å². The molecule has 0 fully saturated rings. The second-order valence-electron chi connectivity index (χ2n) is 5.19. The first kappa shape index (κ1) is 19.1. The van der Waals surface area contributed by atoms with Gasteiger partial charge in [-0.3, -0.25) is 4.79 Å². The van der Waals surface area contributed by atoms with Gasteiger partial charge in [-0.25, -0.2) is 0 Å². The number of carbonyl (C=O) groups is 1. The van der Waals surface area contributed by atoms with Crippen LogP contribution in [-0.2, 0) is 4.79 Å². The fraction of sp³-hybridized carbons (Fsp3) is 0.611. The summed E-state index contributed by atoms with van der Waals surface area (Å²) in [5.41, 5.74) is 0.878. The third kappa shape index (κ3) is 5.34. The third-order valence-corrected chi connectivity index (χ3v) is 3.48. The molecule has 1 N–H and O–H groups in total. The number of ether oxygens (including phenoxy) is 3. The van der Waals surface area contributed by atoms with Crippen molar-refractivity contribution in [2.45, 2.75) is 52.9 Å². The quantitative estimate of drug-likeness (QED) is 0.659. The second-order valence-corrected chi connectivity index (χ2v) is 5.19. The van der Waals surface area contributed by atoms with Crippen LogP contribution >= 0.6 is 0 Å². The van der Waals surface area contributed by atoms with Gasteiger partial charge in [0.1, 0.15) is 0 Å². The van der Waals surface area contributed by atoms with E-state index in [1.165, 1.54) is 0 Å². The maximum absolute atomic E-state index is 11.2. The molecule has 5 nitrogen and oxygen atoms in total. The Morgan fingerprint density at radius 2 is 1.61 bits per heavy atom. The summed E-state index contributed by atoms with van der Waals surface area (Å²) < 4.78 is 17.2. The van der Waals surface area contributed by atoms with Crippen molar-refractivity contribution in [2.75, 3.05) is 19.8 Å². The fourth-order valence-electron chi connectivity index (χ4n) is 2.65. The Bertz CT molecular complexity index is 498. The fourth-order valence-corrected chi connectivity index (χ4v) is 2.65. The molecule has 1 aromatic rings. The molecule has 0 aromatic heterocycles. The van der Waals surface area contributed by atoms with E-state index < -0.39 is 5.97 Å². The molecular formula is C18H28O5. The molecule has 0 aliphatic heterocycles. The summed E-state index contributed by atoms with van der Waals surface area (Å²) in [6, 6.07) is 3.75. The molecular weight excluding hydrogens is 296 g/mol. The van der Waals surface area contributed by atoms with Crippen LogP contribution in [0.1, 0.15) is 58.4 Å². The Morgan fingerprint density at radius 3 is 2.13 bits per heavy atom. The summed E-state index contributed by atoms with van der Waals surface area (Å²) >= 11 is 0. The average molecular weight is 324 g/mol. The number of hydrogen-bond donors (Lipinski definition) is 1. The molecule has 1 unspecified atom stereocenters. The first-order valence-corrected chi connectivity index (χ1v) is 8.35. The third-order valence-electron chi connectivity index (χ3n) is 3.48. The molecule has 0 aliphatic carbocycles. The number of aliphatic carboxylic acids is 1. The largest absolute Gasteiger partial charge is 0.490 e. The molecule has 1 rings (SSSR count). The van der Waals surface area contributed by atoms with Gasteiger partial charge in [-0.15, -0.1) is 0 Å². The van der Waals surface area contributed by atoms with Gasteiger partial charge in [-0.2, -0.15) is 0 Å². The zero-order valence-electron chi connectivity index (χ0n) is 14.6. The summed E-state index contributed by atoms with van der Waals surface area (Å²) in [6.45, 7) is 9.26. The molecule has 0 amide bonds. The summed E-state index contributed by atoms with van der Waals surface area (Å²) in [5.74, 6) is 0.902. The van der Waals surface area contributed by atoms with Gasteiger partial charge in [0, 0.05) is 5.56 Å². The van der Waals surface area contributed by atoms with E-state index >= 15 is 0 Å². The Balaban J connectivity index is 3.37. The van der Waals surface area contributed by atoms with Crippen molar-refractivity contribution < 1.29 is 24.1 Å². The topological polar surface area (TPSA) is 65.0 Å². The minimum absolute atomic E-state index is 0.0768. The van der Waals surface area contributed by atoms with Crippen molar-refractivity contribution >= 4 is 5.97 Å². The predicted molar refractivity (Wildman–Crippen MR) is 89.9 cm³/mol. The van der Waals surface area contributed by atoms with Crippen molar-refractivity contribution in [3.63, 3.8) is 0 Å². The van der Waals surface area contributed by atoms with Gasteiger partial charge in [0.15, 0.2) is 11.5 Å². The molecule has 0 saturated heterocycles. The van der Waals surface area contributed by atoms with Gasteiger partial charge < -0.3 is 19.3 Å². The summed E-state index contributed by atoms with van der Waals surface area (Å²) in [5, 5.41) is 9.21. The van der Waals surface area contributed by atoms with Crippen LogP contribution in [0.25, 0.3) is 0 Å². The second kappa shape index (κ2) is 9.98. The van der Waals surface area contributed by atoms with Crippen molar-refractivity contribution in [1.29, 1.82) is 0 Å². The smallest absolute Gasteiger partial charge is 0.303 e. The highest BCUT2D eigenvalue weighted by atomic mass is 16.5. The lowest BCUT2D eigenvalue weighted by atomic mass is 9.90. The first-order chi connectivity index (χ1) is 11.1. The number of carboxylic acid groups (broad SMARTS) is 1. The Hall–Kier alpha value is -1.91. The van der Waals surface area contributed by atoms with Crippen LogP contribution in [-0.4, -0.2) is 30.9 Å². The zero-order valence-corrected chi connectivity index (χ0v) is 14.6. The highest BCUT2D eigenvalue weighted by Crippen LogP contribution is 2.45. The molecule has 0 spiro atoms. The van der Waals surface area contributed by atoms with Crippen molar-refractivity contribution in [3.05, 3.63) is 17.7 Å². The Morgan fingerprint density at radius 1 is 1.00 bits per heavy atom. The molecule has 1 aromatic carbocycles. The summed E-state index contributed by atoms with van der Waals surface area (Å²) in [6.07, 6.45) is 1.76. The number of carboxylic acids is 1. The lowest BCUT2D eigenvalue weighted by Crippen LogP contribution is -2.10. The van der Waals surface area contributed by atoms with Gasteiger partial charge in [0.2, 0.25) is 5.75 Å². The van der Waals surface area contributed by atoms with Crippen LogP contribution < -0.4 is 14.2 Å². The Labute approximate surface area is 138 Å². The SMILES string of the molecule is CCCC(CC(=O)O)c1ccc(OCC)c(OCC)c1OCC. The molecule has 0 heterocycles. The van der Waals surface area contributed by atoms with Crippen LogP contribution in [0.2, 0.25) is 0 Å². The lowest BCUT2D eigenvalue weighted by molar-refractivity contribution is -0.137. The minimum Gasteiger partial charge on any atom is -0.490 e. The normalized spacial score (nSPS) is 11.8. The van der Waals surface area contributed by atoms with E-state index in [1.54, 1.807) is 0 Å². The summed E-state index contributed by atoms with van der Waals surface area (Å²) in [7, 11) is 0. The highest BCUT2D eigenvalue weighted by molar-refractivity contribution is 5.69. The summed E-state index contributed by atoms with van der Waals surface area (Å²) in [4.78, 5) is 11.2. The van der Waals surface area contributed by atoms with Crippen LogP contribution in [0.15, 0.2) is 12.1 Å². The van der Waals surface area contributed by atoms with E-state index in [0.717, 1.165) is 18.4 Å². The molecule has 0 saturated carbocycles. The van der Waals surface area contributed by atoms with Crippen LogP contribution in [0, 0.1) is 0 Å². The average Bonchev–Trinajstić information content (AvgIpc) is 2.50.